The number of benzene rings is 4. The summed E-state index contributed by atoms with van der Waals surface area (Å²) in [5, 5.41) is 6.03. The van der Waals surface area contributed by atoms with Gasteiger partial charge in [0, 0.05) is 11.8 Å². The van der Waals surface area contributed by atoms with E-state index >= 15 is 0 Å². The van der Waals surface area contributed by atoms with Gasteiger partial charge in [-0.25, -0.2) is 0 Å². The monoisotopic (exact) mass is 568 g/mol. The fourth-order valence-electron chi connectivity index (χ4n) is 9.44. The van der Waals surface area contributed by atoms with Crippen LogP contribution in [0.4, 0.5) is 0 Å². The fraction of sp³-hybridized carbons (Fsp3) is 0.442. The first-order valence-corrected chi connectivity index (χ1v) is 16.5. The van der Waals surface area contributed by atoms with Gasteiger partial charge in [-0.2, -0.15) is 0 Å². The molecule has 0 N–H and O–H groups in total. The second-order valence-corrected chi connectivity index (χ2v) is 14.5. The highest BCUT2D eigenvalue weighted by Gasteiger charge is 2.38. The van der Waals surface area contributed by atoms with Crippen molar-refractivity contribution in [1.82, 2.24) is 0 Å². The second-order valence-electron chi connectivity index (χ2n) is 14.5. The first-order valence-electron chi connectivity index (χ1n) is 16.5. The summed E-state index contributed by atoms with van der Waals surface area (Å²) in [5.74, 6) is 0.882. The van der Waals surface area contributed by atoms with E-state index in [2.05, 4.69) is 111 Å². The van der Waals surface area contributed by atoms with Gasteiger partial charge in [0.2, 0.25) is 0 Å². The zero-order chi connectivity index (χ0) is 31.7. The smallest absolute Gasteiger partial charge is 0.00692 e. The zero-order valence-electron chi connectivity index (χ0n) is 29.9. The fourth-order valence-corrected chi connectivity index (χ4v) is 9.44. The molecular weight excluding hydrogens is 516 g/mol. The molecule has 2 aliphatic rings. The lowest BCUT2D eigenvalue weighted by Gasteiger charge is -2.28. The Morgan fingerprint density at radius 2 is 0.558 bits per heavy atom. The third-order valence-electron chi connectivity index (χ3n) is 13.2. The maximum Gasteiger partial charge on any atom is 0.00692 e. The molecule has 224 valence electrons. The van der Waals surface area contributed by atoms with Gasteiger partial charge >= 0.3 is 0 Å². The molecule has 2 unspecified atom stereocenters. The third kappa shape index (κ3) is 3.62. The molecule has 0 heteroatoms. The summed E-state index contributed by atoms with van der Waals surface area (Å²) in [7, 11) is 0. The molecule has 0 nitrogen and oxygen atoms in total. The lowest BCUT2D eigenvalue weighted by Crippen LogP contribution is -2.11. The molecular formula is C43H52. The highest BCUT2D eigenvalue weighted by atomic mass is 14.4. The second kappa shape index (κ2) is 9.69. The Balaban J connectivity index is 1.63. The minimum atomic E-state index is 0.441. The predicted octanol–water partition coefficient (Wildman–Crippen LogP) is 12.6. The van der Waals surface area contributed by atoms with E-state index in [-0.39, 0.29) is 0 Å². The summed E-state index contributed by atoms with van der Waals surface area (Å²) in [5.41, 5.74) is 30.2. The predicted molar refractivity (Wildman–Crippen MR) is 191 cm³/mol. The largest absolute Gasteiger partial charge is 0.0622 e. The van der Waals surface area contributed by atoms with Crippen LogP contribution in [0.1, 0.15) is 135 Å². The average molecular weight is 569 g/mol. The summed E-state index contributed by atoms with van der Waals surface area (Å²) in [6.07, 6.45) is 1.15. The molecule has 0 bridgehead atoms. The molecule has 2 aliphatic carbocycles. The van der Waals surface area contributed by atoms with Gasteiger partial charge < -0.3 is 0 Å². The Labute approximate surface area is 261 Å². The van der Waals surface area contributed by atoms with Crippen LogP contribution < -0.4 is 0 Å². The van der Waals surface area contributed by atoms with E-state index in [1.807, 2.05) is 0 Å². The maximum absolute atomic E-state index is 2.43. The first kappa shape index (κ1) is 29.9. The first-order chi connectivity index (χ1) is 20.1. The number of aryl methyl sites for hydroxylation is 6. The number of hydrogen-bond acceptors (Lipinski definition) is 0. The van der Waals surface area contributed by atoms with Crippen LogP contribution >= 0.6 is 0 Å². The van der Waals surface area contributed by atoms with Crippen LogP contribution in [0, 0.1) is 83.1 Å². The van der Waals surface area contributed by atoms with E-state index in [0.29, 0.717) is 11.8 Å². The van der Waals surface area contributed by atoms with Gasteiger partial charge in [-0.3, -0.25) is 0 Å². The van der Waals surface area contributed by atoms with Crippen LogP contribution in [0.15, 0.2) is 11.1 Å². The van der Waals surface area contributed by atoms with Gasteiger partial charge in [0.25, 0.3) is 0 Å². The van der Waals surface area contributed by atoms with Gasteiger partial charge in [-0.15, -0.1) is 0 Å². The Morgan fingerprint density at radius 3 is 0.860 bits per heavy atom. The molecule has 43 heavy (non-hydrogen) atoms. The van der Waals surface area contributed by atoms with E-state index < -0.39 is 0 Å². The van der Waals surface area contributed by atoms with Crippen molar-refractivity contribution < 1.29 is 0 Å². The number of hydrogen-bond donors (Lipinski definition) is 0. The zero-order valence-corrected chi connectivity index (χ0v) is 29.9. The molecule has 0 fully saturated rings. The Kier molecular flexibility index (Phi) is 6.74. The molecule has 0 radical (unpaired) electrons. The number of fused-ring (bicyclic) bond motifs is 6. The molecule has 4 aromatic rings. The molecule has 0 saturated heterocycles. The van der Waals surface area contributed by atoms with Crippen LogP contribution in [-0.2, 0) is 0 Å². The van der Waals surface area contributed by atoms with Crippen LogP contribution in [0.2, 0.25) is 0 Å². The van der Waals surface area contributed by atoms with Gasteiger partial charge in [0.05, 0.1) is 0 Å². The lowest BCUT2D eigenvalue weighted by molar-refractivity contribution is 0.637. The Morgan fingerprint density at radius 1 is 0.302 bits per heavy atom. The van der Waals surface area contributed by atoms with E-state index in [0.717, 1.165) is 6.42 Å². The quantitative estimate of drug-likeness (QED) is 0.226. The van der Waals surface area contributed by atoms with Crippen LogP contribution in [0.5, 0.6) is 0 Å². The van der Waals surface area contributed by atoms with E-state index in [9.17, 15) is 0 Å². The van der Waals surface area contributed by atoms with Crippen LogP contribution in [0.3, 0.4) is 0 Å². The summed E-state index contributed by atoms with van der Waals surface area (Å²) in [4.78, 5) is 0. The normalized spacial score (nSPS) is 18.1. The molecule has 2 atom stereocenters. The van der Waals surface area contributed by atoms with Crippen molar-refractivity contribution in [3.63, 3.8) is 0 Å². The molecule has 0 saturated carbocycles. The third-order valence-corrected chi connectivity index (χ3v) is 13.2. The number of rotatable bonds is 2. The topological polar surface area (TPSA) is 0 Å². The summed E-state index contributed by atoms with van der Waals surface area (Å²) < 4.78 is 0. The number of allylic oxidation sites excluding steroid dienone is 4. The molecule has 0 heterocycles. The lowest BCUT2D eigenvalue weighted by atomic mass is 9.76. The van der Waals surface area contributed by atoms with E-state index in [1.54, 1.807) is 33.4 Å². The molecule has 0 amide bonds. The standard InChI is InChI=1S/C43H52/c1-18-20(3)26(9)40-36(24(18)7)30(13)32(15)38-34(22(5)28(11)42(38)40)17-35-23(6)29(12)43-39(35)33(16)31(14)37-25(8)19(2)21(4)27(10)41(37)43/h34-35H,17H2,1-16H3. The van der Waals surface area contributed by atoms with Gasteiger partial charge in [0.15, 0.2) is 0 Å². The molecule has 4 aromatic carbocycles. The van der Waals surface area contributed by atoms with Crippen molar-refractivity contribution in [2.75, 3.05) is 0 Å². The molecule has 0 aliphatic heterocycles. The summed E-state index contributed by atoms with van der Waals surface area (Å²) in [6.45, 7) is 38.0. The van der Waals surface area contributed by atoms with Crippen molar-refractivity contribution in [1.29, 1.82) is 0 Å². The van der Waals surface area contributed by atoms with Crippen LogP contribution in [0.25, 0.3) is 32.7 Å². The Bertz CT molecular complexity index is 1880. The van der Waals surface area contributed by atoms with Gasteiger partial charge in [-0.1, -0.05) is 11.1 Å². The van der Waals surface area contributed by atoms with Gasteiger partial charge in [-0.05, 0) is 239 Å². The Hall–Kier alpha value is -3.12. The van der Waals surface area contributed by atoms with Crippen molar-refractivity contribution in [2.45, 2.75) is 129 Å². The SMILES string of the molecule is CC1=C(C)C(CC2C(C)=C(C)c3c2c(C)c(C)c2c(C)c(C)c(C)c(C)c32)c2c(C)c(C)c3c(C)c(C)c(C)c(C)c3c21. The van der Waals surface area contributed by atoms with Crippen molar-refractivity contribution in [2.24, 2.45) is 0 Å². The molecule has 0 aromatic heterocycles. The minimum absolute atomic E-state index is 0.441. The van der Waals surface area contributed by atoms with E-state index in [1.165, 1.54) is 99.5 Å². The molecule has 6 rings (SSSR count). The minimum Gasteiger partial charge on any atom is -0.0622 e. The van der Waals surface area contributed by atoms with Crippen molar-refractivity contribution in [3.8, 4) is 0 Å². The summed E-state index contributed by atoms with van der Waals surface area (Å²) >= 11 is 0. The highest BCUT2D eigenvalue weighted by molar-refractivity contribution is 6.06. The van der Waals surface area contributed by atoms with Crippen molar-refractivity contribution in [3.05, 3.63) is 100 Å². The maximum atomic E-state index is 2.43. The summed E-state index contributed by atoms with van der Waals surface area (Å²) in [6, 6.07) is 0. The highest BCUT2D eigenvalue weighted by Crippen LogP contribution is 2.57. The van der Waals surface area contributed by atoms with Gasteiger partial charge in [0.1, 0.15) is 0 Å². The molecule has 0 spiro atoms. The van der Waals surface area contributed by atoms with E-state index in [4.69, 9.17) is 0 Å². The average Bonchev–Trinajstić information content (AvgIpc) is 3.37. The van der Waals surface area contributed by atoms with Crippen molar-refractivity contribution >= 4 is 32.7 Å². The van der Waals surface area contributed by atoms with Crippen LogP contribution in [-0.4, -0.2) is 0 Å².